The third-order valence-corrected chi connectivity index (χ3v) is 5.28. The summed E-state index contributed by atoms with van der Waals surface area (Å²) in [6.07, 6.45) is 2.97. The molecule has 1 heterocycles. The lowest BCUT2D eigenvalue weighted by Gasteiger charge is -2.50. The van der Waals surface area contributed by atoms with Gasteiger partial charge in [-0.1, -0.05) is 30.3 Å². The minimum absolute atomic E-state index is 0.0511. The van der Waals surface area contributed by atoms with E-state index in [0.29, 0.717) is 5.92 Å². The Balaban J connectivity index is 1.80. The lowest BCUT2D eigenvalue weighted by Crippen LogP contribution is -2.57. The van der Waals surface area contributed by atoms with E-state index in [1.807, 2.05) is 6.07 Å². The van der Waals surface area contributed by atoms with E-state index in [0.717, 1.165) is 38.9 Å². The molecule has 1 saturated carbocycles. The van der Waals surface area contributed by atoms with E-state index in [9.17, 15) is 4.79 Å². The fourth-order valence-corrected chi connectivity index (χ4v) is 4.28. The fraction of sp³-hybridized carbons (Fsp3) is 0.611. The molecule has 0 amide bonds. The molecule has 0 aromatic heterocycles. The van der Waals surface area contributed by atoms with Crippen molar-refractivity contribution in [1.29, 1.82) is 0 Å². The van der Waals surface area contributed by atoms with Crippen LogP contribution in [-0.2, 0) is 20.8 Å². The second-order valence-electron chi connectivity index (χ2n) is 6.70. The molecule has 2 fully saturated rings. The molecule has 0 N–H and O–H groups in total. The van der Waals surface area contributed by atoms with Crippen LogP contribution in [0.15, 0.2) is 30.3 Å². The van der Waals surface area contributed by atoms with Crippen molar-refractivity contribution in [2.24, 2.45) is 11.3 Å². The Morgan fingerprint density at radius 3 is 2.77 bits per heavy atom. The lowest BCUT2D eigenvalue weighted by molar-refractivity contribution is -0.167. The van der Waals surface area contributed by atoms with Crippen LogP contribution in [0.3, 0.4) is 0 Å². The first kappa shape index (κ1) is 15.5. The molecule has 1 aliphatic heterocycles. The summed E-state index contributed by atoms with van der Waals surface area (Å²) in [4.78, 5) is 14.8. The number of piperidine rings is 1. The molecule has 3 rings (SSSR count). The number of likely N-dealkylation sites (tertiary alicyclic amines) is 1. The Hall–Kier alpha value is -1.39. The molecule has 4 nitrogen and oxygen atoms in total. The summed E-state index contributed by atoms with van der Waals surface area (Å²) in [6, 6.07) is 10.4. The van der Waals surface area contributed by atoms with Crippen LogP contribution in [0.2, 0.25) is 0 Å². The van der Waals surface area contributed by atoms with Crippen molar-refractivity contribution in [3.05, 3.63) is 35.9 Å². The van der Waals surface area contributed by atoms with Crippen molar-refractivity contribution in [3.8, 4) is 0 Å². The van der Waals surface area contributed by atoms with Gasteiger partial charge in [0, 0.05) is 26.7 Å². The number of nitrogens with zero attached hydrogens (tertiary/aromatic N) is 1. The summed E-state index contributed by atoms with van der Waals surface area (Å²) in [7, 11) is 3.29. The highest BCUT2D eigenvalue weighted by Crippen LogP contribution is 2.46. The van der Waals surface area contributed by atoms with E-state index in [1.165, 1.54) is 12.7 Å². The van der Waals surface area contributed by atoms with Crippen LogP contribution < -0.4 is 0 Å². The maximum absolute atomic E-state index is 12.4. The lowest BCUT2D eigenvalue weighted by atomic mass is 9.65. The molecule has 0 unspecified atom stereocenters. The molecular weight excluding hydrogens is 278 g/mol. The average Bonchev–Trinajstić information content (AvgIpc) is 2.55. The first-order valence-corrected chi connectivity index (χ1v) is 8.04. The van der Waals surface area contributed by atoms with E-state index in [2.05, 4.69) is 29.2 Å². The highest BCUT2D eigenvalue weighted by Gasteiger charge is 2.51. The number of methoxy groups -OCH3 is 2. The molecule has 2 aliphatic rings. The number of esters is 1. The summed E-state index contributed by atoms with van der Waals surface area (Å²) in [5.41, 5.74) is 0.943. The van der Waals surface area contributed by atoms with Gasteiger partial charge in [0.05, 0.1) is 18.6 Å². The van der Waals surface area contributed by atoms with Crippen LogP contribution in [0.4, 0.5) is 0 Å². The molecule has 22 heavy (non-hydrogen) atoms. The Morgan fingerprint density at radius 2 is 2.09 bits per heavy atom. The monoisotopic (exact) mass is 303 g/mol. The zero-order chi connectivity index (χ0) is 15.6. The highest BCUT2D eigenvalue weighted by atomic mass is 16.5. The van der Waals surface area contributed by atoms with Crippen LogP contribution >= 0.6 is 0 Å². The van der Waals surface area contributed by atoms with Gasteiger partial charge in [-0.15, -0.1) is 0 Å². The van der Waals surface area contributed by atoms with Crippen molar-refractivity contribution in [3.63, 3.8) is 0 Å². The maximum Gasteiger partial charge on any atom is 0.313 e. The molecule has 120 valence electrons. The Morgan fingerprint density at radius 1 is 1.32 bits per heavy atom. The second-order valence-corrected chi connectivity index (χ2v) is 6.70. The van der Waals surface area contributed by atoms with Crippen molar-refractivity contribution in [1.82, 2.24) is 4.90 Å². The van der Waals surface area contributed by atoms with Crippen LogP contribution in [-0.4, -0.2) is 44.3 Å². The van der Waals surface area contributed by atoms with E-state index in [4.69, 9.17) is 9.47 Å². The SMILES string of the molecule is COC(=O)[C@@]12CC[C@@H](OC)[C@@H](CN(Cc3ccccc3)C1)C2. The van der Waals surface area contributed by atoms with Crippen LogP contribution in [0.1, 0.15) is 24.8 Å². The molecule has 0 radical (unpaired) electrons. The first-order chi connectivity index (χ1) is 10.7. The van der Waals surface area contributed by atoms with Crippen LogP contribution in [0.25, 0.3) is 0 Å². The largest absolute Gasteiger partial charge is 0.469 e. The molecule has 4 heteroatoms. The maximum atomic E-state index is 12.4. The van der Waals surface area contributed by atoms with Crippen LogP contribution in [0.5, 0.6) is 0 Å². The Kier molecular flexibility index (Phi) is 4.50. The summed E-state index contributed by atoms with van der Waals surface area (Å²) in [5.74, 6) is 0.361. The van der Waals surface area contributed by atoms with Gasteiger partial charge in [0.1, 0.15) is 0 Å². The number of carbonyl (C=O) groups is 1. The van der Waals surface area contributed by atoms with Gasteiger partial charge in [0.15, 0.2) is 0 Å². The number of benzene rings is 1. The summed E-state index contributed by atoms with van der Waals surface area (Å²) < 4.78 is 10.8. The molecule has 0 spiro atoms. The van der Waals surface area contributed by atoms with Gasteiger partial charge in [-0.05, 0) is 30.7 Å². The quantitative estimate of drug-likeness (QED) is 0.801. The van der Waals surface area contributed by atoms with Gasteiger partial charge in [0.2, 0.25) is 0 Å². The first-order valence-electron chi connectivity index (χ1n) is 8.04. The molecule has 1 aromatic carbocycles. The summed E-state index contributed by atoms with van der Waals surface area (Å²) in [5, 5.41) is 0. The van der Waals surface area contributed by atoms with Crippen molar-refractivity contribution >= 4 is 5.97 Å². The summed E-state index contributed by atoms with van der Waals surface area (Å²) in [6.45, 7) is 2.67. The zero-order valence-electron chi connectivity index (χ0n) is 13.5. The van der Waals surface area contributed by atoms with Crippen LogP contribution in [0, 0.1) is 11.3 Å². The molecule has 1 aliphatic carbocycles. The standard InChI is InChI=1S/C18H25NO3/c1-21-16-8-9-18(17(20)22-2)10-15(16)12-19(13-18)11-14-6-4-3-5-7-14/h3-7,15-16H,8-13H2,1-2H3/t15-,16-,18-/m1/s1. The van der Waals surface area contributed by atoms with E-state index in [1.54, 1.807) is 7.11 Å². The molecular formula is C18H25NO3. The zero-order valence-corrected chi connectivity index (χ0v) is 13.5. The van der Waals surface area contributed by atoms with Gasteiger partial charge in [-0.2, -0.15) is 0 Å². The smallest absolute Gasteiger partial charge is 0.313 e. The normalized spacial score (nSPS) is 31.7. The minimum atomic E-state index is -0.346. The predicted octanol–water partition coefficient (Wildman–Crippen LogP) is 2.48. The van der Waals surface area contributed by atoms with Crippen molar-refractivity contribution in [2.75, 3.05) is 27.3 Å². The van der Waals surface area contributed by atoms with Gasteiger partial charge in [-0.25, -0.2) is 0 Å². The number of ether oxygens (including phenoxy) is 2. The van der Waals surface area contributed by atoms with Crippen molar-refractivity contribution < 1.29 is 14.3 Å². The molecule has 1 saturated heterocycles. The average molecular weight is 303 g/mol. The van der Waals surface area contributed by atoms with E-state index < -0.39 is 0 Å². The number of hydrogen-bond donors (Lipinski definition) is 0. The molecule has 3 atom stereocenters. The van der Waals surface area contributed by atoms with E-state index >= 15 is 0 Å². The fourth-order valence-electron chi connectivity index (χ4n) is 4.28. The third-order valence-electron chi connectivity index (χ3n) is 5.28. The second kappa shape index (κ2) is 6.39. The number of hydrogen-bond acceptors (Lipinski definition) is 4. The topological polar surface area (TPSA) is 38.8 Å². The molecule has 1 aromatic rings. The Labute approximate surface area is 132 Å². The van der Waals surface area contributed by atoms with E-state index in [-0.39, 0.29) is 17.5 Å². The highest BCUT2D eigenvalue weighted by molar-refractivity contribution is 5.77. The number of carbonyl (C=O) groups excluding carboxylic acids is 1. The number of fused-ring (bicyclic) bond motifs is 2. The van der Waals surface area contributed by atoms with Gasteiger partial charge in [0.25, 0.3) is 0 Å². The summed E-state index contributed by atoms with van der Waals surface area (Å²) >= 11 is 0. The third kappa shape index (κ3) is 2.90. The van der Waals surface area contributed by atoms with Crippen molar-refractivity contribution in [2.45, 2.75) is 31.9 Å². The van der Waals surface area contributed by atoms with Gasteiger partial charge >= 0.3 is 5.97 Å². The minimum Gasteiger partial charge on any atom is -0.469 e. The molecule has 2 bridgehead atoms. The predicted molar refractivity (Wildman–Crippen MR) is 84.3 cm³/mol. The number of rotatable bonds is 4. The Bertz CT molecular complexity index is 518. The van der Waals surface area contributed by atoms with Gasteiger partial charge < -0.3 is 9.47 Å². The van der Waals surface area contributed by atoms with Gasteiger partial charge in [-0.3, -0.25) is 9.69 Å².